The molecule has 0 saturated carbocycles. The van der Waals surface area contributed by atoms with Crippen LogP contribution in [-0.2, 0) is 9.31 Å². The molecule has 0 N–H and O–H groups in total. The smallest absolute Gasteiger partial charge is 0.479 e. The predicted molar refractivity (Wildman–Crippen MR) is 71.5 cm³/mol. The average Bonchev–Trinajstić information content (AvgIpc) is 2.48. The van der Waals surface area contributed by atoms with Gasteiger partial charge in [-0.15, -0.1) is 0 Å². The Balaban J connectivity index is 2.45. The average molecular weight is 288 g/mol. The fourth-order valence-electron chi connectivity index (χ4n) is 1.78. The van der Waals surface area contributed by atoms with E-state index in [1.54, 1.807) is 0 Å². The zero-order chi connectivity index (χ0) is 14.4. The first-order chi connectivity index (χ1) is 8.69. The van der Waals surface area contributed by atoms with Crippen molar-refractivity contribution in [1.29, 1.82) is 0 Å². The largest absolute Gasteiger partial charge is 0.499 e. The molecule has 0 unspecified atom stereocenters. The molecule has 104 valence electrons. The number of hydrogen-bond donors (Lipinski definition) is 0. The predicted octanol–water partition coefficient (Wildman–Crippen LogP) is 2.18. The first kappa shape index (κ1) is 14.6. The van der Waals surface area contributed by atoms with Crippen LogP contribution in [0.1, 0.15) is 27.7 Å². The summed E-state index contributed by atoms with van der Waals surface area (Å²) in [5.41, 5.74) is -1.01. The quantitative estimate of drug-likeness (QED) is 0.782. The van der Waals surface area contributed by atoms with Gasteiger partial charge in [0.1, 0.15) is 0 Å². The van der Waals surface area contributed by atoms with Gasteiger partial charge in [-0.3, -0.25) is 0 Å². The molecule has 7 heteroatoms. The second-order valence-corrected chi connectivity index (χ2v) is 5.84. The Bertz CT molecular complexity index is 494. The van der Waals surface area contributed by atoms with E-state index in [2.05, 4.69) is 4.98 Å². The number of pyridine rings is 1. The van der Waals surface area contributed by atoms with Crippen LogP contribution in [0.5, 0.6) is 5.88 Å². The maximum absolute atomic E-state index is 14.3. The van der Waals surface area contributed by atoms with Crippen LogP contribution >= 0.6 is 11.6 Å². The van der Waals surface area contributed by atoms with Crippen molar-refractivity contribution in [3.63, 3.8) is 0 Å². The number of rotatable bonds is 2. The van der Waals surface area contributed by atoms with Gasteiger partial charge >= 0.3 is 7.12 Å². The second-order valence-electron chi connectivity index (χ2n) is 5.43. The fourth-order valence-corrected chi connectivity index (χ4v) is 2.00. The maximum atomic E-state index is 14.3. The zero-order valence-electron chi connectivity index (χ0n) is 11.6. The van der Waals surface area contributed by atoms with Crippen molar-refractivity contribution in [2.45, 2.75) is 38.9 Å². The van der Waals surface area contributed by atoms with E-state index in [-0.39, 0.29) is 16.4 Å². The van der Waals surface area contributed by atoms with E-state index < -0.39 is 24.1 Å². The molecule has 1 aromatic rings. The van der Waals surface area contributed by atoms with Crippen LogP contribution in [0.2, 0.25) is 5.02 Å². The molecule has 0 aliphatic carbocycles. The van der Waals surface area contributed by atoms with Crippen LogP contribution in [0.15, 0.2) is 6.20 Å². The van der Waals surface area contributed by atoms with Crippen molar-refractivity contribution in [2.24, 2.45) is 0 Å². The summed E-state index contributed by atoms with van der Waals surface area (Å²) >= 11 is 6.01. The van der Waals surface area contributed by atoms with Gasteiger partial charge in [-0.1, -0.05) is 11.6 Å². The number of hydrogen-bond acceptors (Lipinski definition) is 4. The summed E-state index contributed by atoms with van der Waals surface area (Å²) in [6, 6.07) is 0. The van der Waals surface area contributed by atoms with Gasteiger partial charge in [0.15, 0.2) is 5.82 Å². The Morgan fingerprint density at radius 2 is 1.79 bits per heavy atom. The third-order valence-electron chi connectivity index (χ3n) is 3.66. The summed E-state index contributed by atoms with van der Waals surface area (Å²) in [6.07, 6.45) is 1.32. The lowest BCUT2D eigenvalue weighted by Crippen LogP contribution is -2.41. The summed E-state index contributed by atoms with van der Waals surface area (Å²) in [6.45, 7) is 7.54. The van der Waals surface area contributed by atoms with Gasteiger partial charge in [0.25, 0.3) is 0 Å². The molecule has 0 atom stereocenters. The van der Waals surface area contributed by atoms with E-state index in [9.17, 15) is 4.39 Å². The lowest BCUT2D eigenvalue weighted by atomic mass is 9.79. The third-order valence-corrected chi connectivity index (χ3v) is 3.96. The van der Waals surface area contributed by atoms with Gasteiger partial charge in [0, 0.05) is 11.7 Å². The van der Waals surface area contributed by atoms with Crippen molar-refractivity contribution < 1.29 is 18.4 Å². The first-order valence-electron chi connectivity index (χ1n) is 5.93. The zero-order valence-corrected chi connectivity index (χ0v) is 12.3. The maximum Gasteiger partial charge on any atom is 0.499 e. The highest BCUT2D eigenvalue weighted by Crippen LogP contribution is 2.37. The van der Waals surface area contributed by atoms with Crippen LogP contribution < -0.4 is 10.2 Å². The molecule has 2 heterocycles. The standard InChI is InChI=1S/C12H16BClFNO3/c1-11(2)12(3,4)19-13(18-11)8-7(14)6-16-10(17-5)9(8)15/h6H,1-5H3. The van der Waals surface area contributed by atoms with E-state index in [1.165, 1.54) is 13.3 Å². The molecule has 4 nitrogen and oxygen atoms in total. The van der Waals surface area contributed by atoms with Crippen LogP contribution in [0.3, 0.4) is 0 Å². The molecular weight excluding hydrogens is 271 g/mol. The highest BCUT2D eigenvalue weighted by molar-refractivity contribution is 6.65. The second kappa shape index (κ2) is 4.61. The van der Waals surface area contributed by atoms with Gasteiger partial charge in [-0.25, -0.2) is 9.37 Å². The molecule has 2 rings (SSSR count). The number of methoxy groups -OCH3 is 1. The molecule has 0 spiro atoms. The minimum absolute atomic E-state index is 0.118. The molecule has 1 saturated heterocycles. The van der Waals surface area contributed by atoms with Gasteiger partial charge in [0.2, 0.25) is 5.88 Å². The summed E-state index contributed by atoms with van der Waals surface area (Å²) in [5.74, 6) is -0.789. The molecule has 19 heavy (non-hydrogen) atoms. The summed E-state index contributed by atoms with van der Waals surface area (Å²) in [7, 11) is 0.460. The van der Waals surface area contributed by atoms with Crippen LogP contribution in [-0.4, -0.2) is 30.4 Å². The third kappa shape index (κ3) is 2.33. The molecule has 1 aliphatic heterocycles. The fraction of sp³-hybridized carbons (Fsp3) is 0.583. The van der Waals surface area contributed by atoms with E-state index >= 15 is 0 Å². The Hall–Kier alpha value is -0.845. The minimum atomic E-state index is -0.880. The van der Waals surface area contributed by atoms with Crippen LogP contribution in [0, 0.1) is 5.82 Å². The van der Waals surface area contributed by atoms with E-state index in [4.69, 9.17) is 25.6 Å². The molecule has 1 fully saturated rings. The normalized spacial score (nSPS) is 20.7. The lowest BCUT2D eigenvalue weighted by Gasteiger charge is -2.32. The SMILES string of the molecule is COc1ncc(Cl)c(B2OC(C)(C)C(C)(C)O2)c1F. The van der Waals surface area contributed by atoms with Gasteiger partial charge in [-0.2, -0.15) is 0 Å². The van der Waals surface area contributed by atoms with Crippen molar-refractivity contribution >= 4 is 24.2 Å². The van der Waals surface area contributed by atoms with E-state index in [0.717, 1.165) is 0 Å². The molecular formula is C12H16BClFNO3. The van der Waals surface area contributed by atoms with Gasteiger partial charge in [0.05, 0.1) is 23.3 Å². The molecule has 0 radical (unpaired) electrons. The lowest BCUT2D eigenvalue weighted by molar-refractivity contribution is 0.00578. The van der Waals surface area contributed by atoms with Gasteiger partial charge in [-0.05, 0) is 27.7 Å². The van der Waals surface area contributed by atoms with Crippen molar-refractivity contribution in [1.82, 2.24) is 4.98 Å². The van der Waals surface area contributed by atoms with Crippen LogP contribution in [0.25, 0.3) is 0 Å². The van der Waals surface area contributed by atoms with E-state index in [1.807, 2.05) is 27.7 Å². The van der Waals surface area contributed by atoms with Crippen molar-refractivity contribution in [3.05, 3.63) is 17.0 Å². The molecule has 0 aromatic carbocycles. The molecule has 0 bridgehead atoms. The number of aromatic nitrogens is 1. The highest BCUT2D eigenvalue weighted by atomic mass is 35.5. The van der Waals surface area contributed by atoms with Gasteiger partial charge < -0.3 is 14.0 Å². The minimum Gasteiger partial charge on any atom is -0.479 e. The van der Waals surface area contributed by atoms with Crippen LogP contribution in [0.4, 0.5) is 4.39 Å². The number of halogens is 2. The Morgan fingerprint density at radius 1 is 1.26 bits per heavy atom. The monoisotopic (exact) mass is 287 g/mol. The topological polar surface area (TPSA) is 40.6 Å². The first-order valence-corrected chi connectivity index (χ1v) is 6.31. The summed E-state index contributed by atoms with van der Waals surface area (Å²) in [5, 5.41) is 0.150. The molecule has 1 aromatic heterocycles. The Labute approximate surface area is 117 Å². The number of nitrogens with zero attached hydrogens (tertiary/aromatic N) is 1. The van der Waals surface area contributed by atoms with Crippen molar-refractivity contribution in [2.75, 3.05) is 7.11 Å². The van der Waals surface area contributed by atoms with E-state index in [0.29, 0.717) is 0 Å². The summed E-state index contributed by atoms with van der Waals surface area (Å²) in [4.78, 5) is 3.76. The number of ether oxygens (including phenoxy) is 1. The Morgan fingerprint density at radius 3 is 2.26 bits per heavy atom. The summed E-state index contributed by atoms with van der Waals surface area (Å²) < 4.78 is 30.7. The Kier molecular flexibility index (Phi) is 3.54. The molecule has 0 amide bonds. The molecule has 1 aliphatic rings. The highest BCUT2D eigenvalue weighted by Gasteiger charge is 2.53. The van der Waals surface area contributed by atoms with Crippen molar-refractivity contribution in [3.8, 4) is 5.88 Å².